The van der Waals surface area contributed by atoms with Crippen LogP contribution in [0.1, 0.15) is 52.6 Å². The van der Waals surface area contributed by atoms with Crippen LogP contribution in [0.5, 0.6) is 0 Å². The fourth-order valence-corrected chi connectivity index (χ4v) is 2.60. The van der Waals surface area contributed by atoms with Gasteiger partial charge in [-0.2, -0.15) is 0 Å². The molecule has 0 saturated carbocycles. The number of imidazole rings is 1. The molecule has 0 radical (unpaired) electrons. The molecule has 0 aliphatic rings. The molecule has 2 aromatic rings. The summed E-state index contributed by atoms with van der Waals surface area (Å²) in [6.45, 7) is 17.1. The van der Waals surface area contributed by atoms with E-state index in [1.165, 1.54) is 6.26 Å². The molecule has 0 spiro atoms. The quantitative estimate of drug-likeness (QED) is 0.516. The Balaban J connectivity index is 0. The third-order valence-electron chi connectivity index (χ3n) is 3.02. The van der Waals surface area contributed by atoms with Crippen LogP contribution in [0.3, 0.4) is 0 Å². The van der Waals surface area contributed by atoms with E-state index >= 15 is 0 Å². The van der Waals surface area contributed by atoms with Gasteiger partial charge in [-0.05, 0) is 58.4 Å². The lowest BCUT2D eigenvalue weighted by Gasteiger charge is -2.05. The zero-order valence-corrected chi connectivity index (χ0v) is 20.0. The summed E-state index contributed by atoms with van der Waals surface area (Å²) in [5.41, 5.74) is 1.85. The highest BCUT2D eigenvalue weighted by Gasteiger charge is 2.08. The molecule has 0 fully saturated rings. The van der Waals surface area contributed by atoms with Crippen molar-refractivity contribution in [2.24, 2.45) is 0 Å². The SMILES string of the molecule is C/C=C\CC.C=C(C)Cl.CC.Cc1cn(-c2ccc(S(C)(=O)=O)cc2)c(C)n1. The summed E-state index contributed by atoms with van der Waals surface area (Å²) in [7, 11) is -3.13. The van der Waals surface area contributed by atoms with Gasteiger partial charge in [0.1, 0.15) is 5.82 Å². The van der Waals surface area contributed by atoms with Gasteiger partial charge in [0.15, 0.2) is 9.84 Å². The van der Waals surface area contributed by atoms with Gasteiger partial charge in [0.05, 0.1) is 10.6 Å². The standard InChI is InChI=1S/C12H14N2O2S.C5H10.C3H5Cl.C2H6/c1-9-8-14(10(2)13-9)11-4-6-12(7-5-11)17(3,15)16;1-3-5-4-2;1-3(2)4;1-2/h4-8H,1-3H3;3,5H,4H2,1-2H3;1H2,2H3;1-2H3/b;5-3-;;. The third-order valence-corrected chi connectivity index (χ3v) is 4.15. The molecule has 0 saturated heterocycles. The molecule has 158 valence electrons. The van der Waals surface area contributed by atoms with Crippen LogP contribution in [0.25, 0.3) is 5.69 Å². The van der Waals surface area contributed by atoms with Gasteiger partial charge in [0, 0.05) is 23.2 Å². The lowest BCUT2D eigenvalue weighted by molar-refractivity contribution is 0.602. The Bertz CT molecular complexity index is 817. The molecule has 0 atom stereocenters. The van der Waals surface area contributed by atoms with Crippen LogP contribution in [-0.4, -0.2) is 24.2 Å². The Morgan fingerprint density at radius 1 is 1.21 bits per heavy atom. The number of aromatic nitrogens is 2. The van der Waals surface area contributed by atoms with Crippen molar-refractivity contribution in [2.45, 2.75) is 59.8 Å². The second-order valence-electron chi connectivity index (χ2n) is 5.72. The highest BCUT2D eigenvalue weighted by molar-refractivity contribution is 7.90. The van der Waals surface area contributed by atoms with E-state index in [1.807, 2.05) is 45.4 Å². The first-order chi connectivity index (χ1) is 13.0. The molecule has 0 amide bonds. The predicted octanol–water partition coefficient (Wildman–Crippen LogP) is 6.65. The van der Waals surface area contributed by atoms with Crippen molar-refractivity contribution >= 4 is 21.4 Å². The third kappa shape index (κ3) is 12.5. The highest BCUT2D eigenvalue weighted by Crippen LogP contribution is 2.15. The largest absolute Gasteiger partial charge is 0.304 e. The predicted molar refractivity (Wildman–Crippen MR) is 123 cm³/mol. The van der Waals surface area contributed by atoms with Crippen LogP contribution in [-0.2, 0) is 9.84 Å². The van der Waals surface area contributed by atoms with Crippen molar-refractivity contribution in [3.63, 3.8) is 0 Å². The summed E-state index contributed by atoms with van der Waals surface area (Å²) in [4.78, 5) is 4.63. The second-order valence-corrected chi connectivity index (χ2v) is 8.38. The van der Waals surface area contributed by atoms with Gasteiger partial charge in [-0.3, -0.25) is 0 Å². The fourth-order valence-electron chi connectivity index (χ4n) is 1.97. The van der Waals surface area contributed by atoms with Crippen LogP contribution >= 0.6 is 11.6 Å². The maximum absolute atomic E-state index is 11.3. The smallest absolute Gasteiger partial charge is 0.175 e. The van der Waals surface area contributed by atoms with Crippen LogP contribution in [0.15, 0.2) is 59.1 Å². The Morgan fingerprint density at radius 2 is 1.68 bits per heavy atom. The maximum Gasteiger partial charge on any atom is 0.175 e. The summed E-state index contributed by atoms with van der Waals surface area (Å²) >= 11 is 5.08. The minimum atomic E-state index is -3.13. The zero-order chi connectivity index (χ0) is 22.3. The van der Waals surface area contributed by atoms with Crippen LogP contribution in [0, 0.1) is 13.8 Å². The average molecular weight is 427 g/mol. The van der Waals surface area contributed by atoms with Crippen LogP contribution in [0.4, 0.5) is 0 Å². The zero-order valence-electron chi connectivity index (χ0n) is 18.5. The molecule has 1 aromatic heterocycles. The molecule has 4 nitrogen and oxygen atoms in total. The minimum Gasteiger partial charge on any atom is -0.304 e. The van der Waals surface area contributed by atoms with Crippen molar-refractivity contribution in [3.05, 3.63) is 65.7 Å². The number of hydrogen-bond acceptors (Lipinski definition) is 3. The van der Waals surface area contributed by atoms with Gasteiger partial charge in [0.2, 0.25) is 0 Å². The van der Waals surface area contributed by atoms with Gasteiger partial charge < -0.3 is 4.57 Å². The molecule has 1 heterocycles. The topological polar surface area (TPSA) is 52.0 Å². The minimum absolute atomic E-state index is 0.329. The summed E-state index contributed by atoms with van der Waals surface area (Å²) in [5.74, 6) is 0.884. The van der Waals surface area contributed by atoms with Gasteiger partial charge in [-0.25, -0.2) is 13.4 Å². The van der Waals surface area contributed by atoms with E-state index in [1.54, 1.807) is 31.2 Å². The van der Waals surface area contributed by atoms with E-state index in [9.17, 15) is 8.42 Å². The van der Waals surface area contributed by atoms with Gasteiger partial charge >= 0.3 is 0 Å². The number of allylic oxidation sites excluding steroid dienone is 3. The molecule has 0 aliphatic carbocycles. The molecule has 1 aromatic carbocycles. The molecule has 6 heteroatoms. The van der Waals surface area contributed by atoms with E-state index < -0.39 is 9.84 Å². The Hall–Kier alpha value is -1.85. The number of halogens is 1. The van der Waals surface area contributed by atoms with Crippen molar-refractivity contribution in [2.75, 3.05) is 6.26 Å². The van der Waals surface area contributed by atoms with Crippen LogP contribution < -0.4 is 0 Å². The summed E-state index contributed by atoms with van der Waals surface area (Å²) in [5, 5.41) is 0.639. The molecule has 0 aliphatic heterocycles. The second kappa shape index (κ2) is 15.1. The van der Waals surface area contributed by atoms with E-state index in [-0.39, 0.29) is 0 Å². The number of hydrogen-bond donors (Lipinski definition) is 0. The normalized spacial score (nSPS) is 10.0. The Labute approximate surface area is 176 Å². The van der Waals surface area contributed by atoms with Gasteiger partial charge in [0.25, 0.3) is 0 Å². The molecular weight excluding hydrogens is 392 g/mol. The van der Waals surface area contributed by atoms with Crippen molar-refractivity contribution in [1.82, 2.24) is 9.55 Å². The molecule has 0 unspecified atom stereocenters. The number of sulfone groups is 1. The first kappa shape index (κ1) is 28.4. The molecule has 28 heavy (non-hydrogen) atoms. The number of aryl methyl sites for hydroxylation is 2. The maximum atomic E-state index is 11.3. The monoisotopic (exact) mass is 426 g/mol. The highest BCUT2D eigenvalue weighted by atomic mass is 35.5. The van der Waals surface area contributed by atoms with E-state index in [2.05, 4.69) is 30.6 Å². The van der Waals surface area contributed by atoms with Crippen LogP contribution in [0.2, 0.25) is 0 Å². The fraction of sp³-hybridized carbons (Fsp3) is 0.409. The first-order valence-electron chi connectivity index (χ1n) is 9.28. The number of nitrogens with zero attached hydrogens (tertiary/aromatic N) is 2. The molecule has 2 rings (SSSR count). The van der Waals surface area contributed by atoms with E-state index in [0.29, 0.717) is 9.93 Å². The summed E-state index contributed by atoms with van der Waals surface area (Å²) in [6, 6.07) is 6.79. The van der Waals surface area contributed by atoms with E-state index in [4.69, 9.17) is 11.6 Å². The van der Waals surface area contributed by atoms with Crippen molar-refractivity contribution < 1.29 is 8.42 Å². The summed E-state index contributed by atoms with van der Waals surface area (Å²) in [6.07, 6.45) is 8.47. The summed E-state index contributed by atoms with van der Waals surface area (Å²) < 4.78 is 24.6. The lowest BCUT2D eigenvalue weighted by atomic mass is 10.3. The lowest BCUT2D eigenvalue weighted by Crippen LogP contribution is -1.99. The van der Waals surface area contributed by atoms with Gasteiger partial charge in [-0.1, -0.05) is 51.1 Å². The number of benzene rings is 1. The Morgan fingerprint density at radius 3 is 1.93 bits per heavy atom. The Kier molecular flexibility index (Phi) is 15.3. The van der Waals surface area contributed by atoms with Gasteiger partial charge in [-0.15, -0.1) is 0 Å². The van der Waals surface area contributed by atoms with Crippen molar-refractivity contribution in [3.8, 4) is 5.69 Å². The molecular formula is C22H35ClN2O2S. The van der Waals surface area contributed by atoms with Crippen molar-refractivity contribution in [1.29, 1.82) is 0 Å². The number of rotatable bonds is 3. The molecule has 0 N–H and O–H groups in total. The first-order valence-corrected chi connectivity index (χ1v) is 11.5. The average Bonchev–Trinajstić information content (AvgIpc) is 2.95. The van der Waals surface area contributed by atoms with E-state index in [0.717, 1.165) is 23.6 Å². The molecule has 0 bridgehead atoms.